The number of hydrogen-bond acceptors (Lipinski definition) is 6. The molecule has 1 saturated carbocycles. The summed E-state index contributed by atoms with van der Waals surface area (Å²) in [5.74, 6) is 0.333. The molecule has 43 heavy (non-hydrogen) atoms. The van der Waals surface area contributed by atoms with Gasteiger partial charge in [-0.1, -0.05) is 62.6 Å². The highest BCUT2D eigenvalue weighted by atomic mass is 32.2. The van der Waals surface area contributed by atoms with E-state index >= 15 is 0 Å². The minimum Gasteiger partial charge on any atom is -0.497 e. The summed E-state index contributed by atoms with van der Waals surface area (Å²) < 4.78 is 39.8. The molecule has 0 heterocycles. The van der Waals surface area contributed by atoms with Crippen molar-refractivity contribution in [2.45, 2.75) is 69.0 Å². The number of rotatable bonds is 13. The number of nitrogens with one attached hydrogen (secondary N) is 1. The third kappa shape index (κ3) is 8.07. The lowest BCUT2D eigenvalue weighted by Crippen LogP contribution is -2.54. The first-order chi connectivity index (χ1) is 20.8. The van der Waals surface area contributed by atoms with Crippen LogP contribution in [0, 0.1) is 0 Å². The van der Waals surface area contributed by atoms with Gasteiger partial charge in [-0.15, -0.1) is 0 Å². The molecule has 0 saturated heterocycles. The average Bonchev–Trinajstić information content (AvgIpc) is 3.04. The minimum absolute atomic E-state index is 0.0482. The topological polar surface area (TPSA) is 105 Å². The van der Waals surface area contributed by atoms with E-state index in [2.05, 4.69) is 5.32 Å². The summed E-state index contributed by atoms with van der Waals surface area (Å²) in [6.07, 6.45) is 5.44. The zero-order valence-corrected chi connectivity index (χ0v) is 25.9. The maximum atomic E-state index is 14.3. The molecule has 0 aromatic heterocycles. The maximum Gasteiger partial charge on any atom is 0.264 e. The molecule has 230 valence electrons. The predicted octanol–water partition coefficient (Wildman–Crippen LogP) is 5.16. The third-order valence-corrected chi connectivity index (χ3v) is 9.56. The van der Waals surface area contributed by atoms with Crippen molar-refractivity contribution < 1.29 is 27.5 Å². The van der Waals surface area contributed by atoms with Gasteiger partial charge in [0.1, 0.15) is 24.1 Å². The van der Waals surface area contributed by atoms with Crippen molar-refractivity contribution in [3.63, 3.8) is 0 Å². The summed E-state index contributed by atoms with van der Waals surface area (Å²) in [5.41, 5.74) is 1.04. The molecule has 0 unspecified atom stereocenters. The molecule has 3 aromatic carbocycles. The van der Waals surface area contributed by atoms with Gasteiger partial charge in [-0.2, -0.15) is 0 Å². The fourth-order valence-electron chi connectivity index (χ4n) is 5.45. The number of nitrogens with zero attached hydrogens (tertiary/aromatic N) is 2. The SMILES string of the molecule is CC[C@H](C(=O)NC1CCCCC1)N(Cc1cccc(OC)c1)C(=O)CN(c1cccc(OC)c1)S(=O)(=O)c1ccccc1. The second kappa shape index (κ2) is 14.9. The van der Waals surface area contributed by atoms with E-state index in [0.29, 0.717) is 17.9 Å². The number of sulfonamides is 1. The Hall–Kier alpha value is -4.05. The van der Waals surface area contributed by atoms with Gasteiger partial charge in [-0.25, -0.2) is 8.42 Å². The Morgan fingerprint density at radius 2 is 1.53 bits per heavy atom. The summed E-state index contributed by atoms with van der Waals surface area (Å²) in [6, 6.07) is 21.1. The van der Waals surface area contributed by atoms with Crippen molar-refractivity contribution in [2.75, 3.05) is 25.1 Å². The van der Waals surface area contributed by atoms with Gasteiger partial charge < -0.3 is 19.7 Å². The molecule has 0 bridgehead atoms. The number of ether oxygens (including phenoxy) is 2. The molecule has 0 spiro atoms. The van der Waals surface area contributed by atoms with E-state index in [4.69, 9.17) is 9.47 Å². The first-order valence-electron chi connectivity index (χ1n) is 14.7. The first-order valence-corrected chi connectivity index (χ1v) is 16.2. The van der Waals surface area contributed by atoms with Gasteiger partial charge in [0.2, 0.25) is 11.8 Å². The molecule has 10 heteroatoms. The highest BCUT2D eigenvalue weighted by Crippen LogP contribution is 2.28. The van der Waals surface area contributed by atoms with Crippen LogP contribution < -0.4 is 19.1 Å². The van der Waals surface area contributed by atoms with Crippen LogP contribution in [0.25, 0.3) is 0 Å². The molecular formula is C33H41N3O6S. The Balaban J connectivity index is 1.72. The molecular weight excluding hydrogens is 566 g/mol. The second-order valence-corrected chi connectivity index (χ2v) is 12.5. The average molecular weight is 608 g/mol. The van der Waals surface area contributed by atoms with Gasteiger partial charge in [0.25, 0.3) is 10.0 Å². The molecule has 1 N–H and O–H groups in total. The quantitative estimate of drug-likeness (QED) is 0.288. The Bertz CT molecular complexity index is 1470. The maximum absolute atomic E-state index is 14.3. The summed E-state index contributed by atoms with van der Waals surface area (Å²) in [5, 5.41) is 3.16. The summed E-state index contributed by atoms with van der Waals surface area (Å²) in [7, 11) is -1.10. The van der Waals surface area contributed by atoms with Crippen LogP contribution in [0.2, 0.25) is 0 Å². The number of benzene rings is 3. The first kappa shape index (κ1) is 31.9. The number of carbonyl (C=O) groups is 2. The highest BCUT2D eigenvalue weighted by molar-refractivity contribution is 7.92. The molecule has 4 rings (SSSR count). The standard InChI is InChI=1S/C33H41N3O6S/c1-4-31(33(38)34-26-14-7-5-8-15-26)35(23-25-13-11-17-28(21-25)41-2)32(37)24-36(27-16-12-18-29(22-27)42-3)43(39,40)30-19-9-6-10-20-30/h6,9-13,16-22,26,31H,4-5,7-8,14-15,23-24H2,1-3H3,(H,34,38)/t31-/m1/s1. The number of amides is 2. The van der Waals surface area contributed by atoms with E-state index in [1.807, 2.05) is 25.1 Å². The van der Waals surface area contributed by atoms with Crippen LogP contribution in [0.4, 0.5) is 5.69 Å². The Morgan fingerprint density at radius 1 is 0.884 bits per heavy atom. The highest BCUT2D eigenvalue weighted by Gasteiger charge is 2.34. The number of anilines is 1. The number of methoxy groups -OCH3 is 2. The van der Waals surface area contributed by atoms with Crippen molar-refractivity contribution in [1.82, 2.24) is 10.2 Å². The normalized spacial score (nSPS) is 14.4. The van der Waals surface area contributed by atoms with E-state index in [0.717, 1.165) is 42.0 Å². The van der Waals surface area contributed by atoms with E-state index in [9.17, 15) is 18.0 Å². The fourth-order valence-corrected chi connectivity index (χ4v) is 6.87. The molecule has 1 aliphatic carbocycles. The van der Waals surface area contributed by atoms with Crippen molar-refractivity contribution in [3.8, 4) is 11.5 Å². The van der Waals surface area contributed by atoms with Gasteiger partial charge in [0.05, 0.1) is 24.8 Å². The largest absolute Gasteiger partial charge is 0.497 e. The molecule has 1 aliphatic rings. The Labute approximate surface area is 254 Å². The van der Waals surface area contributed by atoms with Gasteiger partial charge in [0, 0.05) is 18.7 Å². The lowest BCUT2D eigenvalue weighted by molar-refractivity contribution is -0.140. The summed E-state index contributed by atoms with van der Waals surface area (Å²) >= 11 is 0. The molecule has 3 aromatic rings. The van der Waals surface area contributed by atoms with Crippen LogP contribution in [0.15, 0.2) is 83.8 Å². The molecule has 0 radical (unpaired) electrons. The van der Waals surface area contributed by atoms with E-state index in [-0.39, 0.29) is 29.1 Å². The van der Waals surface area contributed by atoms with Crippen LogP contribution >= 0.6 is 0 Å². The monoisotopic (exact) mass is 607 g/mol. The molecule has 0 aliphatic heterocycles. The van der Waals surface area contributed by atoms with Crippen molar-refractivity contribution in [2.24, 2.45) is 0 Å². The van der Waals surface area contributed by atoms with Gasteiger partial charge >= 0.3 is 0 Å². The molecule has 9 nitrogen and oxygen atoms in total. The van der Waals surface area contributed by atoms with Crippen LogP contribution in [0.1, 0.15) is 51.0 Å². The zero-order chi connectivity index (χ0) is 30.8. The number of carbonyl (C=O) groups excluding carboxylic acids is 2. The summed E-state index contributed by atoms with van der Waals surface area (Å²) in [6.45, 7) is 1.45. The number of hydrogen-bond donors (Lipinski definition) is 1. The Kier molecular flexibility index (Phi) is 11.1. The third-order valence-electron chi connectivity index (χ3n) is 7.78. The zero-order valence-electron chi connectivity index (χ0n) is 25.1. The molecule has 1 atom stereocenters. The van der Waals surface area contributed by atoms with Crippen LogP contribution in [-0.4, -0.2) is 58.0 Å². The molecule has 1 fully saturated rings. The Morgan fingerprint density at radius 3 is 2.19 bits per heavy atom. The van der Waals surface area contributed by atoms with Crippen LogP contribution in [0.5, 0.6) is 11.5 Å². The van der Waals surface area contributed by atoms with Crippen LogP contribution in [-0.2, 0) is 26.2 Å². The lowest BCUT2D eigenvalue weighted by Gasteiger charge is -2.34. The minimum atomic E-state index is -4.16. The van der Waals surface area contributed by atoms with Crippen LogP contribution in [0.3, 0.4) is 0 Å². The van der Waals surface area contributed by atoms with E-state index in [1.54, 1.807) is 55.6 Å². The van der Waals surface area contributed by atoms with Crippen molar-refractivity contribution in [1.29, 1.82) is 0 Å². The second-order valence-electron chi connectivity index (χ2n) is 10.7. The van der Waals surface area contributed by atoms with E-state index in [1.165, 1.54) is 24.1 Å². The van der Waals surface area contributed by atoms with E-state index < -0.39 is 28.5 Å². The van der Waals surface area contributed by atoms with Crippen molar-refractivity contribution >= 4 is 27.5 Å². The lowest BCUT2D eigenvalue weighted by atomic mass is 9.95. The van der Waals surface area contributed by atoms with Gasteiger partial charge in [0.15, 0.2) is 0 Å². The van der Waals surface area contributed by atoms with Gasteiger partial charge in [-0.05, 0) is 61.2 Å². The smallest absolute Gasteiger partial charge is 0.264 e. The van der Waals surface area contributed by atoms with Gasteiger partial charge in [-0.3, -0.25) is 13.9 Å². The van der Waals surface area contributed by atoms with Crippen molar-refractivity contribution in [3.05, 3.63) is 84.4 Å². The summed E-state index contributed by atoms with van der Waals surface area (Å²) in [4.78, 5) is 29.5. The molecule has 2 amide bonds. The predicted molar refractivity (Wildman–Crippen MR) is 167 cm³/mol. The fraction of sp³-hybridized carbons (Fsp3) is 0.394.